The summed E-state index contributed by atoms with van der Waals surface area (Å²) in [5.41, 5.74) is 0. The zero-order chi connectivity index (χ0) is 52.9. The number of ether oxygens (including phenoxy) is 3. The molecule has 0 radical (unpaired) electrons. The summed E-state index contributed by atoms with van der Waals surface area (Å²) in [6.07, 6.45) is 82.3. The molecule has 6 nitrogen and oxygen atoms in total. The predicted molar refractivity (Wildman–Crippen MR) is 316 cm³/mol. The number of unbranched alkanes of at least 4 members (excludes halogenated alkanes) is 25. The van der Waals surface area contributed by atoms with Crippen molar-refractivity contribution < 1.29 is 28.6 Å². The lowest BCUT2D eigenvalue weighted by molar-refractivity contribution is -0.167. The lowest BCUT2D eigenvalue weighted by Gasteiger charge is -2.18. The van der Waals surface area contributed by atoms with Crippen LogP contribution in [0.15, 0.2) is 109 Å². The van der Waals surface area contributed by atoms with Gasteiger partial charge in [-0.25, -0.2) is 0 Å². The fourth-order valence-electron chi connectivity index (χ4n) is 8.22. The number of carbonyl (C=O) groups excluding carboxylic acids is 3. The molecule has 0 aliphatic rings. The Kier molecular flexibility index (Phi) is 57.4. The molecule has 1 atom stereocenters. The Morgan fingerprint density at radius 1 is 0.288 bits per heavy atom. The molecule has 0 spiro atoms. The molecule has 73 heavy (non-hydrogen) atoms. The summed E-state index contributed by atoms with van der Waals surface area (Å²) in [5, 5.41) is 0. The molecule has 0 heterocycles. The van der Waals surface area contributed by atoms with Gasteiger partial charge in [0.05, 0.1) is 0 Å². The first-order chi connectivity index (χ1) is 36.0. The molecular formula is C67H112O6. The zero-order valence-electron chi connectivity index (χ0n) is 47.6. The lowest BCUT2D eigenvalue weighted by Crippen LogP contribution is -2.30. The largest absolute Gasteiger partial charge is 0.462 e. The van der Waals surface area contributed by atoms with Gasteiger partial charge in [-0.15, -0.1) is 0 Å². The Hall–Kier alpha value is -3.93. The summed E-state index contributed by atoms with van der Waals surface area (Å²) < 4.78 is 16.8. The molecule has 0 fully saturated rings. The first-order valence-corrected chi connectivity index (χ1v) is 30.4. The van der Waals surface area contributed by atoms with Crippen LogP contribution in [-0.2, 0) is 28.6 Å². The average molecular weight is 1010 g/mol. The molecule has 0 bridgehead atoms. The van der Waals surface area contributed by atoms with Crippen molar-refractivity contribution in [3.8, 4) is 0 Å². The Bertz CT molecular complexity index is 1490. The van der Waals surface area contributed by atoms with E-state index in [1.807, 2.05) is 0 Å². The fraction of sp³-hybridized carbons (Fsp3) is 0.687. The Morgan fingerprint density at radius 2 is 0.534 bits per heavy atom. The maximum atomic E-state index is 12.8. The molecule has 0 rings (SSSR count). The molecule has 0 aromatic rings. The van der Waals surface area contributed by atoms with Crippen LogP contribution in [0.2, 0.25) is 0 Å². The van der Waals surface area contributed by atoms with Crippen LogP contribution in [0.1, 0.15) is 278 Å². The van der Waals surface area contributed by atoms with Gasteiger partial charge in [-0.3, -0.25) is 14.4 Å². The molecule has 0 saturated carbocycles. The minimum Gasteiger partial charge on any atom is -0.462 e. The Labute approximate surface area is 450 Å². The summed E-state index contributed by atoms with van der Waals surface area (Å²) >= 11 is 0. The zero-order valence-corrected chi connectivity index (χ0v) is 47.6. The van der Waals surface area contributed by atoms with Crippen molar-refractivity contribution in [2.24, 2.45) is 0 Å². The van der Waals surface area contributed by atoms with Crippen LogP contribution in [0.25, 0.3) is 0 Å². The highest BCUT2D eigenvalue weighted by molar-refractivity contribution is 5.71. The van der Waals surface area contributed by atoms with E-state index in [2.05, 4.69) is 130 Å². The molecule has 0 aliphatic carbocycles. The third-order valence-corrected chi connectivity index (χ3v) is 12.8. The summed E-state index contributed by atoms with van der Waals surface area (Å²) in [4.78, 5) is 38.1. The fourth-order valence-corrected chi connectivity index (χ4v) is 8.22. The standard InChI is InChI=1S/C67H112O6/c1-4-7-10-13-16-19-22-25-26-27-28-29-30-31-32-33-34-35-36-37-38-39-40-41-42-43-46-48-51-54-57-60-66(69)72-63-64(73-67(70)61-58-55-52-49-45-24-21-18-15-12-9-6-3)62-71-65(68)59-56-53-50-47-44-23-20-17-14-11-8-5-2/h7,10,16,18-19,21,25-26,28-29,31-32,34-35,37-38,40-41,64H,4-6,8-9,11-15,17,20,22-24,27,30,33,36,39,42-63H2,1-3H3/b10-7-,19-16-,21-18-,26-25-,29-28-,32-31-,35-34-,38-37-,41-40-. The maximum absolute atomic E-state index is 12.8. The van der Waals surface area contributed by atoms with E-state index < -0.39 is 6.10 Å². The van der Waals surface area contributed by atoms with Crippen molar-refractivity contribution >= 4 is 17.9 Å². The van der Waals surface area contributed by atoms with Crippen LogP contribution < -0.4 is 0 Å². The van der Waals surface area contributed by atoms with Gasteiger partial charge < -0.3 is 14.2 Å². The predicted octanol–water partition coefficient (Wildman–Crippen LogP) is 20.7. The summed E-state index contributed by atoms with van der Waals surface area (Å²) in [5.74, 6) is -0.906. The van der Waals surface area contributed by atoms with Gasteiger partial charge in [-0.1, -0.05) is 259 Å². The molecule has 0 amide bonds. The second kappa shape index (κ2) is 60.6. The highest BCUT2D eigenvalue weighted by Gasteiger charge is 2.19. The van der Waals surface area contributed by atoms with E-state index in [1.165, 1.54) is 103 Å². The van der Waals surface area contributed by atoms with E-state index in [9.17, 15) is 14.4 Å². The molecule has 0 aliphatic heterocycles. The maximum Gasteiger partial charge on any atom is 0.306 e. The topological polar surface area (TPSA) is 78.9 Å². The van der Waals surface area contributed by atoms with E-state index in [4.69, 9.17) is 14.2 Å². The van der Waals surface area contributed by atoms with Gasteiger partial charge in [-0.2, -0.15) is 0 Å². The van der Waals surface area contributed by atoms with Crippen molar-refractivity contribution in [1.82, 2.24) is 0 Å². The first-order valence-electron chi connectivity index (χ1n) is 30.4. The second-order valence-corrected chi connectivity index (χ2v) is 19.9. The molecule has 0 aromatic heterocycles. The second-order valence-electron chi connectivity index (χ2n) is 19.9. The van der Waals surface area contributed by atoms with Crippen molar-refractivity contribution in [3.05, 3.63) is 109 Å². The van der Waals surface area contributed by atoms with E-state index in [1.54, 1.807) is 0 Å². The smallest absolute Gasteiger partial charge is 0.306 e. The Morgan fingerprint density at radius 3 is 0.877 bits per heavy atom. The van der Waals surface area contributed by atoms with Gasteiger partial charge in [-0.05, 0) is 109 Å². The average Bonchev–Trinajstić information content (AvgIpc) is 3.39. The number of rotatable bonds is 54. The number of carbonyl (C=O) groups is 3. The number of hydrogen-bond acceptors (Lipinski definition) is 6. The van der Waals surface area contributed by atoms with E-state index in [0.717, 1.165) is 135 Å². The molecular weight excluding hydrogens is 901 g/mol. The van der Waals surface area contributed by atoms with Gasteiger partial charge >= 0.3 is 17.9 Å². The van der Waals surface area contributed by atoms with E-state index in [-0.39, 0.29) is 31.1 Å². The molecule has 1 unspecified atom stereocenters. The summed E-state index contributed by atoms with van der Waals surface area (Å²) in [6.45, 7) is 6.48. The van der Waals surface area contributed by atoms with Crippen molar-refractivity contribution in [1.29, 1.82) is 0 Å². The van der Waals surface area contributed by atoms with Crippen LogP contribution in [0.3, 0.4) is 0 Å². The van der Waals surface area contributed by atoms with Crippen LogP contribution in [0.5, 0.6) is 0 Å². The minimum atomic E-state index is -0.787. The van der Waals surface area contributed by atoms with Crippen LogP contribution in [-0.4, -0.2) is 37.2 Å². The third kappa shape index (κ3) is 58.8. The SMILES string of the molecule is CC/C=C\C/C=C\C/C=C\C/C=C\C/C=C\C/C=C\C/C=C\C/C=C\CCCCCCCCC(=O)OCC(COC(=O)CCCCCCCCCCCCCC)OC(=O)CCCCCCC/C=C\CCCCC. The summed E-state index contributed by atoms with van der Waals surface area (Å²) in [7, 11) is 0. The molecule has 416 valence electrons. The highest BCUT2D eigenvalue weighted by Crippen LogP contribution is 2.15. The number of esters is 3. The van der Waals surface area contributed by atoms with Crippen molar-refractivity contribution in [2.45, 2.75) is 284 Å². The summed E-state index contributed by atoms with van der Waals surface area (Å²) in [6, 6.07) is 0. The van der Waals surface area contributed by atoms with Gasteiger partial charge in [0.2, 0.25) is 0 Å². The molecule has 0 saturated heterocycles. The van der Waals surface area contributed by atoms with Gasteiger partial charge in [0.15, 0.2) is 6.10 Å². The van der Waals surface area contributed by atoms with Crippen LogP contribution in [0.4, 0.5) is 0 Å². The van der Waals surface area contributed by atoms with Gasteiger partial charge in [0, 0.05) is 19.3 Å². The number of hydrogen-bond donors (Lipinski definition) is 0. The molecule has 6 heteroatoms. The van der Waals surface area contributed by atoms with Gasteiger partial charge in [0.1, 0.15) is 13.2 Å². The normalized spacial score (nSPS) is 12.9. The van der Waals surface area contributed by atoms with E-state index >= 15 is 0 Å². The van der Waals surface area contributed by atoms with Crippen molar-refractivity contribution in [3.63, 3.8) is 0 Å². The van der Waals surface area contributed by atoms with Crippen LogP contribution in [0, 0.1) is 0 Å². The van der Waals surface area contributed by atoms with Crippen LogP contribution >= 0.6 is 0 Å². The quantitative estimate of drug-likeness (QED) is 0.0261. The molecule has 0 aromatic carbocycles. The van der Waals surface area contributed by atoms with Gasteiger partial charge in [0.25, 0.3) is 0 Å². The monoisotopic (exact) mass is 1010 g/mol. The number of allylic oxidation sites excluding steroid dienone is 18. The first kappa shape index (κ1) is 69.1. The highest BCUT2D eigenvalue weighted by atomic mass is 16.6. The van der Waals surface area contributed by atoms with E-state index in [0.29, 0.717) is 19.3 Å². The Balaban J connectivity index is 4.26. The molecule has 0 N–H and O–H groups in total. The lowest BCUT2D eigenvalue weighted by atomic mass is 10.0. The third-order valence-electron chi connectivity index (χ3n) is 12.8. The van der Waals surface area contributed by atoms with Crippen molar-refractivity contribution in [2.75, 3.05) is 13.2 Å². The minimum absolute atomic E-state index is 0.0843.